The minimum absolute atomic E-state index is 0.0531. The quantitative estimate of drug-likeness (QED) is 0.343. The van der Waals surface area contributed by atoms with E-state index in [0.717, 1.165) is 10.5 Å². The van der Waals surface area contributed by atoms with Gasteiger partial charge in [-0.3, -0.25) is 19.7 Å². The van der Waals surface area contributed by atoms with Crippen LogP contribution in [-0.4, -0.2) is 35.5 Å². The average molecular weight is 506 g/mol. The molecule has 9 nitrogen and oxygen atoms in total. The maximum absolute atomic E-state index is 13.1. The number of nitrogens with zero attached hydrogens (tertiary/aromatic N) is 1. The standard InChI is InChI=1S/C26H20ClN3O6/c1-15-3-2-4-18(11-15)28-23(32)14-36-22-10-5-17(27)12-16(22)13-21-24(33)29-26(35)30(25(21)34)19-6-8-20(31)9-7-19/h2-13,31H,14H2,1H3,(H,28,32)(H,29,33,35)/b21-13+. The lowest BCUT2D eigenvalue weighted by molar-refractivity contribution is -0.122. The lowest BCUT2D eigenvalue weighted by Gasteiger charge is -2.26. The van der Waals surface area contributed by atoms with Gasteiger partial charge in [0.25, 0.3) is 17.7 Å². The van der Waals surface area contributed by atoms with E-state index in [0.29, 0.717) is 10.7 Å². The van der Waals surface area contributed by atoms with Crippen LogP contribution in [0.25, 0.3) is 6.08 Å². The molecule has 36 heavy (non-hydrogen) atoms. The van der Waals surface area contributed by atoms with Gasteiger partial charge in [-0.1, -0.05) is 23.7 Å². The largest absolute Gasteiger partial charge is 0.508 e. The fourth-order valence-corrected chi connectivity index (χ4v) is 3.66. The molecule has 4 rings (SSSR count). The van der Waals surface area contributed by atoms with E-state index in [9.17, 15) is 24.3 Å². The van der Waals surface area contributed by atoms with Crippen molar-refractivity contribution >= 4 is 52.8 Å². The number of ether oxygens (including phenoxy) is 1. The summed E-state index contributed by atoms with van der Waals surface area (Å²) < 4.78 is 5.65. The minimum Gasteiger partial charge on any atom is -0.508 e. The van der Waals surface area contributed by atoms with Crippen LogP contribution in [0.15, 0.2) is 72.3 Å². The molecule has 3 aromatic carbocycles. The van der Waals surface area contributed by atoms with Crippen LogP contribution in [0.3, 0.4) is 0 Å². The van der Waals surface area contributed by atoms with Gasteiger partial charge in [-0.2, -0.15) is 0 Å². The van der Waals surface area contributed by atoms with Crippen molar-refractivity contribution < 1.29 is 29.0 Å². The number of hydrogen-bond acceptors (Lipinski definition) is 6. The third-order valence-corrected chi connectivity index (χ3v) is 5.38. The molecule has 0 aromatic heterocycles. The van der Waals surface area contributed by atoms with E-state index in [1.54, 1.807) is 6.07 Å². The Labute approximate surface area is 210 Å². The van der Waals surface area contributed by atoms with E-state index >= 15 is 0 Å². The molecule has 3 aromatic rings. The molecule has 1 aliphatic heterocycles. The Morgan fingerprint density at radius 2 is 1.83 bits per heavy atom. The molecule has 1 saturated heterocycles. The first-order chi connectivity index (χ1) is 17.2. The molecule has 1 aliphatic rings. The van der Waals surface area contributed by atoms with Gasteiger partial charge in [-0.05, 0) is 73.2 Å². The molecule has 0 aliphatic carbocycles. The lowest BCUT2D eigenvalue weighted by Crippen LogP contribution is -2.54. The molecule has 0 spiro atoms. The van der Waals surface area contributed by atoms with Gasteiger partial charge in [0, 0.05) is 16.3 Å². The first-order valence-corrected chi connectivity index (χ1v) is 11.1. The molecular formula is C26H20ClN3O6. The second-order valence-corrected chi connectivity index (χ2v) is 8.30. The molecular weight excluding hydrogens is 486 g/mol. The predicted octanol–water partition coefficient (Wildman–Crippen LogP) is 4.04. The van der Waals surface area contributed by atoms with Crippen molar-refractivity contribution in [1.29, 1.82) is 0 Å². The van der Waals surface area contributed by atoms with Gasteiger partial charge in [-0.25, -0.2) is 9.69 Å². The number of phenols is 1. The van der Waals surface area contributed by atoms with Crippen molar-refractivity contribution in [3.05, 3.63) is 88.5 Å². The number of carbonyl (C=O) groups excluding carboxylic acids is 4. The zero-order valence-corrected chi connectivity index (χ0v) is 19.7. The highest BCUT2D eigenvalue weighted by Crippen LogP contribution is 2.28. The minimum atomic E-state index is -0.928. The Morgan fingerprint density at radius 3 is 2.56 bits per heavy atom. The number of aryl methyl sites for hydroxylation is 1. The molecule has 0 atom stereocenters. The fraction of sp³-hybridized carbons (Fsp3) is 0.0769. The predicted molar refractivity (Wildman–Crippen MR) is 134 cm³/mol. The highest BCUT2D eigenvalue weighted by molar-refractivity contribution is 6.39. The van der Waals surface area contributed by atoms with Crippen molar-refractivity contribution in [3.8, 4) is 11.5 Å². The van der Waals surface area contributed by atoms with Crippen molar-refractivity contribution in [2.45, 2.75) is 6.92 Å². The average Bonchev–Trinajstić information content (AvgIpc) is 2.82. The lowest BCUT2D eigenvalue weighted by atomic mass is 10.1. The van der Waals surface area contributed by atoms with Crippen LogP contribution in [0.5, 0.6) is 11.5 Å². The van der Waals surface area contributed by atoms with Crippen LogP contribution in [0.1, 0.15) is 11.1 Å². The summed E-state index contributed by atoms with van der Waals surface area (Å²) in [6.45, 7) is 1.56. The van der Waals surface area contributed by atoms with Gasteiger partial charge in [0.05, 0.1) is 5.69 Å². The van der Waals surface area contributed by atoms with Crippen LogP contribution in [-0.2, 0) is 14.4 Å². The molecule has 5 amide bonds. The van der Waals surface area contributed by atoms with Gasteiger partial charge < -0.3 is 15.2 Å². The maximum atomic E-state index is 13.1. The Morgan fingerprint density at radius 1 is 1.08 bits per heavy atom. The van der Waals surface area contributed by atoms with E-state index in [4.69, 9.17) is 16.3 Å². The monoisotopic (exact) mass is 505 g/mol. The molecule has 3 N–H and O–H groups in total. The summed E-state index contributed by atoms with van der Waals surface area (Å²) in [4.78, 5) is 51.1. The zero-order chi connectivity index (χ0) is 25.8. The van der Waals surface area contributed by atoms with Crippen LogP contribution in [0.2, 0.25) is 5.02 Å². The fourth-order valence-electron chi connectivity index (χ4n) is 3.48. The third kappa shape index (κ3) is 5.53. The van der Waals surface area contributed by atoms with Crippen LogP contribution in [0.4, 0.5) is 16.2 Å². The summed E-state index contributed by atoms with van der Waals surface area (Å²) >= 11 is 6.12. The highest BCUT2D eigenvalue weighted by Gasteiger charge is 2.37. The molecule has 0 radical (unpaired) electrons. The van der Waals surface area contributed by atoms with Crippen molar-refractivity contribution in [2.24, 2.45) is 0 Å². The first-order valence-electron chi connectivity index (χ1n) is 10.7. The number of benzene rings is 3. The number of nitrogens with one attached hydrogen (secondary N) is 2. The van der Waals surface area contributed by atoms with Crippen LogP contribution < -0.4 is 20.3 Å². The van der Waals surface area contributed by atoms with Gasteiger partial charge >= 0.3 is 6.03 Å². The number of anilines is 2. The molecule has 10 heteroatoms. The summed E-state index contributed by atoms with van der Waals surface area (Å²) in [7, 11) is 0. The van der Waals surface area contributed by atoms with E-state index < -0.39 is 23.8 Å². The number of phenolic OH excluding ortho intramolecular Hbond substituents is 1. The smallest absolute Gasteiger partial charge is 0.335 e. The van der Waals surface area contributed by atoms with E-state index in [1.807, 2.05) is 25.1 Å². The van der Waals surface area contributed by atoms with Crippen molar-refractivity contribution in [2.75, 3.05) is 16.8 Å². The van der Waals surface area contributed by atoms with E-state index in [-0.39, 0.29) is 34.9 Å². The number of imide groups is 2. The number of aromatic hydroxyl groups is 1. The Balaban J connectivity index is 1.58. The highest BCUT2D eigenvalue weighted by atomic mass is 35.5. The molecule has 1 fully saturated rings. The summed E-state index contributed by atoms with van der Waals surface area (Å²) in [6, 6.07) is 16.2. The first kappa shape index (κ1) is 24.5. The summed E-state index contributed by atoms with van der Waals surface area (Å²) in [5.74, 6) is -2.05. The second kappa shape index (κ2) is 10.3. The van der Waals surface area contributed by atoms with Gasteiger partial charge in [0.2, 0.25) is 0 Å². The zero-order valence-electron chi connectivity index (χ0n) is 18.9. The molecule has 0 saturated carbocycles. The second-order valence-electron chi connectivity index (χ2n) is 7.86. The van der Waals surface area contributed by atoms with Crippen molar-refractivity contribution in [1.82, 2.24) is 5.32 Å². The Kier molecular flexibility index (Phi) is 7.03. The van der Waals surface area contributed by atoms with Gasteiger partial charge in [-0.15, -0.1) is 0 Å². The molecule has 182 valence electrons. The summed E-state index contributed by atoms with van der Waals surface area (Å²) in [6.07, 6.45) is 1.23. The number of urea groups is 1. The number of barbiturate groups is 1. The Bertz CT molecular complexity index is 1400. The number of rotatable bonds is 6. The van der Waals surface area contributed by atoms with Crippen LogP contribution >= 0.6 is 11.6 Å². The van der Waals surface area contributed by atoms with Gasteiger partial charge in [0.1, 0.15) is 17.1 Å². The number of hydrogen-bond donors (Lipinski definition) is 3. The SMILES string of the molecule is Cc1cccc(NC(=O)COc2ccc(Cl)cc2/C=C2\C(=O)NC(=O)N(c3ccc(O)cc3)C2=O)c1. The van der Waals surface area contributed by atoms with Crippen LogP contribution in [0, 0.1) is 6.92 Å². The van der Waals surface area contributed by atoms with Crippen molar-refractivity contribution in [3.63, 3.8) is 0 Å². The molecule has 0 unspecified atom stereocenters. The van der Waals surface area contributed by atoms with E-state index in [2.05, 4.69) is 10.6 Å². The number of amides is 5. The maximum Gasteiger partial charge on any atom is 0.335 e. The number of carbonyl (C=O) groups is 4. The Hall–Kier alpha value is -4.63. The summed E-state index contributed by atoms with van der Waals surface area (Å²) in [5.41, 5.74) is 1.66. The number of halogens is 1. The van der Waals surface area contributed by atoms with E-state index in [1.165, 1.54) is 48.5 Å². The molecule has 0 bridgehead atoms. The normalized spacial score (nSPS) is 14.6. The summed E-state index contributed by atoms with van der Waals surface area (Å²) in [5, 5.41) is 14.6. The molecule has 1 heterocycles. The third-order valence-electron chi connectivity index (χ3n) is 5.14. The van der Waals surface area contributed by atoms with Gasteiger partial charge in [0.15, 0.2) is 6.61 Å². The topological polar surface area (TPSA) is 125 Å².